The van der Waals surface area contributed by atoms with E-state index in [1.54, 1.807) is 11.6 Å². The number of aromatic nitrogens is 4. The Morgan fingerprint density at radius 1 is 1.42 bits per heavy atom. The van der Waals surface area contributed by atoms with E-state index in [1.807, 2.05) is 20.8 Å². The third-order valence-corrected chi connectivity index (χ3v) is 6.86. The number of carbonyl (C=O) groups is 1. The van der Waals surface area contributed by atoms with E-state index in [9.17, 15) is 14.6 Å². The lowest BCUT2D eigenvalue weighted by atomic mass is 10.00. The maximum atomic E-state index is 11.9. The molecule has 3 heterocycles. The second-order valence-electron chi connectivity index (χ2n) is 8.35. The Hall–Kier alpha value is -1.93. The molecule has 13 nitrogen and oxygen atoms in total. The number of anilines is 2. The summed E-state index contributed by atoms with van der Waals surface area (Å²) in [7, 11) is -2.41. The van der Waals surface area contributed by atoms with Crippen LogP contribution in [0.4, 0.5) is 11.8 Å². The van der Waals surface area contributed by atoms with Crippen molar-refractivity contribution in [1.29, 1.82) is 5.41 Å². The Morgan fingerprint density at radius 3 is 2.82 bits per heavy atom. The van der Waals surface area contributed by atoms with E-state index in [-0.39, 0.29) is 42.2 Å². The number of nitrogens with zero attached hydrogens (tertiary/aromatic N) is 4. The molecule has 0 aliphatic carbocycles. The van der Waals surface area contributed by atoms with E-state index in [0.717, 1.165) is 11.8 Å². The van der Waals surface area contributed by atoms with E-state index in [2.05, 4.69) is 20.3 Å². The Morgan fingerprint density at radius 2 is 2.15 bits per heavy atom. The van der Waals surface area contributed by atoms with Gasteiger partial charge in [-0.2, -0.15) is 28.8 Å². The number of rotatable bonds is 9. The van der Waals surface area contributed by atoms with E-state index >= 15 is 0 Å². The van der Waals surface area contributed by atoms with Crippen LogP contribution in [0.5, 0.6) is 0 Å². The van der Waals surface area contributed by atoms with Crippen molar-refractivity contribution >= 4 is 53.7 Å². The number of carbonyl (C=O) groups excluding carboxylic acids is 1. The molecule has 0 aromatic carbocycles. The minimum Gasteiger partial charge on any atom is -0.371 e. The van der Waals surface area contributed by atoms with Crippen molar-refractivity contribution in [2.24, 2.45) is 5.41 Å². The first-order chi connectivity index (χ1) is 15.4. The summed E-state index contributed by atoms with van der Waals surface area (Å²) in [5.74, 6) is 0.769. The molecule has 6 N–H and O–H groups in total. The first-order valence-corrected chi connectivity index (χ1v) is 12.6. The molecule has 0 radical (unpaired) electrons. The van der Waals surface area contributed by atoms with Crippen molar-refractivity contribution in [3.63, 3.8) is 0 Å². The molecule has 1 saturated heterocycles. The van der Waals surface area contributed by atoms with Crippen LogP contribution >= 0.6 is 19.9 Å². The van der Waals surface area contributed by atoms with Gasteiger partial charge in [-0.1, -0.05) is 32.5 Å². The summed E-state index contributed by atoms with van der Waals surface area (Å²) in [5, 5.41) is 11.2. The molecule has 2 aromatic rings. The quantitative estimate of drug-likeness (QED) is 0.247. The molecular weight excluding hydrogens is 473 g/mol. The monoisotopic (exact) mass is 502 g/mol. The second kappa shape index (κ2) is 10.1. The van der Waals surface area contributed by atoms with Crippen molar-refractivity contribution in [3.05, 3.63) is 6.33 Å². The standard InChI is InChI=1S/C18H29N7O6PS/c1-18(2,3)16(26)33-6-5-29-32(27,28)30-8-10-7-11(19)15(31-10)25-9-22-12-13(21-4)23-17(20)24-14(12)25/h9-10,15,19,27-28H,5-8H2,1-4H3,(H3,20,21,23,24)/q+1/t10-,15+/m0/s1. The van der Waals surface area contributed by atoms with Gasteiger partial charge in [-0.25, -0.2) is 4.98 Å². The zero-order valence-electron chi connectivity index (χ0n) is 18.8. The highest BCUT2D eigenvalue weighted by Crippen LogP contribution is 2.52. The molecule has 3 rings (SSSR count). The number of hydrogen-bond acceptors (Lipinski definition) is 13. The Kier molecular flexibility index (Phi) is 7.89. The normalized spacial score (nSPS) is 19.4. The molecule has 15 heteroatoms. The first-order valence-electron chi connectivity index (χ1n) is 10.1. The summed E-state index contributed by atoms with van der Waals surface area (Å²) in [6.45, 7) is 5.17. The maximum absolute atomic E-state index is 11.9. The molecule has 2 aromatic heterocycles. The van der Waals surface area contributed by atoms with Crippen LogP contribution in [0.3, 0.4) is 0 Å². The minimum atomic E-state index is -4.09. The van der Waals surface area contributed by atoms with Gasteiger partial charge in [-0.15, -0.1) is 0 Å². The fourth-order valence-corrected chi connectivity index (χ4v) is 4.67. The minimum absolute atomic E-state index is 0.0170. The van der Waals surface area contributed by atoms with Gasteiger partial charge in [-0.05, 0) is 0 Å². The molecule has 2 atom stereocenters. The largest absolute Gasteiger partial charge is 0.570 e. The number of imidazole rings is 1. The van der Waals surface area contributed by atoms with Crippen LogP contribution in [-0.2, 0) is 18.6 Å². The first kappa shape index (κ1) is 25.7. The number of fused-ring (bicyclic) bond motifs is 1. The number of nitrogen functional groups attached to an aromatic ring is 1. The smallest absolute Gasteiger partial charge is 0.371 e. The van der Waals surface area contributed by atoms with Gasteiger partial charge in [0.15, 0.2) is 28.3 Å². The topological polar surface area (TPSA) is 191 Å². The van der Waals surface area contributed by atoms with Gasteiger partial charge in [0.1, 0.15) is 13.2 Å². The summed E-state index contributed by atoms with van der Waals surface area (Å²) in [6.07, 6.45) is 0.284. The molecule has 33 heavy (non-hydrogen) atoms. The Labute approximate surface area is 195 Å². The summed E-state index contributed by atoms with van der Waals surface area (Å²) in [6, 6.07) is 0. The van der Waals surface area contributed by atoms with Crippen LogP contribution in [0, 0.1) is 10.8 Å². The highest BCUT2D eigenvalue weighted by atomic mass is 32.2. The summed E-state index contributed by atoms with van der Waals surface area (Å²) in [5.41, 5.74) is 6.41. The molecule has 1 aliphatic rings. The molecule has 0 amide bonds. The van der Waals surface area contributed by atoms with Gasteiger partial charge >= 0.3 is 8.17 Å². The van der Waals surface area contributed by atoms with Gasteiger partial charge in [0.05, 0.1) is 18.1 Å². The van der Waals surface area contributed by atoms with E-state index in [0.29, 0.717) is 17.0 Å². The Bertz CT molecular complexity index is 1030. The van der Waals surface area contributed by atoms with Crippen molar-refractivity contribution in [2.45, 2.75) is 39.5 Å². The number of nitrogens with one attached hydrogen (secondary N) is 2. The zero-order valence-corrected chi connectivity index (χ0v) is 20.5. The molecular formula is C18H29N7O6PS+. The molecule has 1 fully saturated rings. The zero-order chi connectivity index (χ0) is 24.4. The highest BCUT2D eigenvalue weighted by molar-refractivity contribution is 8.13. The molecule has 1 aliphatic heterocycles. The molecule has 0 unspecified atom stereocenters. The van der Waals surface area contributed by atoms with Gasteiger partial charge in [0.25, 0.3) is 0 Å². The third kappa shape index (κ3) is 6.35. The van der Waals surface area contributed by atoms with Crippen molar-refractivity contribution in [3.8, 4) is 0 Å². The van der Waals surface area contributed by atoms with Gasteiger partial charge in [-0.3, -0.25) is 9.36 Å². The van der Waals surface area contributed by atoms with E-state index < -0.39 is 25.9 Å². The lowest BCUT2D eigenvalue weighted by molar-refractivity contribution is -0.117. The molecule has 0 bridgehead atoms. The molecule has 0 saturated carbocycles. The van der Waals surface area contributed by atoms with Crippen LogP contribution in [-0.4, -0.2) is 72.3 Å². The van der Waals surface area contributed by atoms with Crippen molar-refractivity contribution in [1.82, 2.24) is 19.5 Å². The average molecular weight is 503 g/mol. The molecule has 0 spiro atoms. The summed E-state index contributed by atoms with van der Waals surface area (Å²) >= 11 is 1.06. The number of ether oxygens (including phenoxy) is 1. The van der Waals surface area contributed by atoms with Crippen LogP contribution in [0.25, 0.3) is 11.2 Å². The third-order valence-electron chi connectivity index (χ3n) is 4.61. The van der Waals surface area contributed by atoms with Crippen LogP contribution in [0.15, 0.2) is 6.33 Å². The number of hydrogen-bond donors (Lipinski definition) is 5. The van der Waals surface area contributed by atoms with Gasteiger partial charge in [0, 0.05) is 24.6 Å². The predicted molar refractivity (Wildman–Crippen MR) is 126 cm³/mol. The number of nitrogens with two attached hydrogens (primary N) is 1. The fourth-order valence-electron chi connectivity index (χ4n) is 2.99. The lowest BCUT2D eigenvalue weighted by Crippen LogP contribution is -2.19. The van der Waals surface area contributed by atoms with Gasteiger partial charge < -0.3 is 21.2 Å². The lowest BCUT2D eigenvalue weighted by Gasteiger charge is -2.16. The van der Waals surface area contributed by atoms with Crippen LogP contribution in [0.1, 0.15) is 33.4 Å². The van der Waals surface area contributed by atoms with Crippen LogP contribution in [0.2, 0.25) is 0 Å². The van der Waals surface area contributed by atoms with Crippen molar-refractivity contribution in [2.75, 3.05) is 37.1 Å². The highest BCUT2D eigenvalue weighted by Gasteiger charge is 2.43. The SMILES string of the molecule is CNc1nc(N)nc2c1ncn2[C@@H]1O[C@H](CO[P+](O)(O)OCCSC(=O)C(C)(C)C)CC1=N. The predicted octanol–water partition coefficient (Wildman–Crippen LogP) is 1.76. The van der Waals surface area contributed by atoms with Crippen molar-refractivity contribution < 1.29 is 28.4 Å². The summed E-state index contributed by atoms with van der Waals surface area (Å²) in [4.78, 5) is 44.5. The maximum Gasteiger partial charge on any atom is 0.570 e. The second-order valence-corrected chi connectivity index (χ2v) is 10.9. The van der Waals surface area contributed by atoms with Crippen LogP contribution < -0.4 is 11.1 Å². The van der Waals surface area contributed by atoms with E-state index in [4.69, 9.17) is 24.9 Å². The summed E-state index contributed by atoms with van der Waals surface area (Å²) < 4.78 is 17.6. The average Bonchev–Trinajstić information content (AvgIpc) is 3.31. The molecule has 182 valence electrons. The fraction of sp³-hybridized carbons (Fsp3) is 0.611. The number of thioether (sulfide) groups is 1. The van der Waals surface area contributed by atoms with Gasteiger partial charge in [0.2, 0.25) is 5.95 Å². The Balaban J connectivity index is 1.54. The van der Waals surface area contributed by atoms with E-state index in [1.165, 1.54) is 6.33 Å².